The number of piperidine rings is 2. The minimum atomic E-state index is -0.0228. The molecule has 4 N–H and O–H groups in total. The van der Waals surface area contributed by atoms with Crippen LogP contribution in [0.5, 0.6) is 0 Å². The van der Waals surface area contributed by atoms with Crippen LogP contribution in [0.25, 0.3) is 0 Å². The van der Waals surface area contributed by atoms with Crippen LogP contribution in [0.15, 0.2) is 24.4 Å². The van der Waals surface area contributed by atoms with E-state index >= 15 is 0 Å². The number of aromatic amines is 1. The van der Waals surface area contributed by atoms with Gasteiger partial charge in [0.2, 0.25) is 0 Å². The van der Waals surface area contributed by atoms with Gasteiger partial charge in [0.15, 0.2) is 5.82 Å². The molecule has 0 aliphatic carbocycles. The Hall–Kier alpha value is -2.65. The molecular weight excluding hydrogens is 404 g/mol. The number of hydrogen-bond acceptors (Lipinski definition) is 7. The summed E-state index contributed by atoms with van der Waals surface area (Å²) in [5, 5.41) is 17.7. The maximum Gasteiger partial charge on any atom is 0.253 e. The molecule has 5 rings (SSSR count). The van der Waals surface area contributed by atoms with Crippen molar-refractivity contribution in [3.8, 4) is 0 Å². The summed E-state index contributed by atoms with van der Waals surface area (Å²) < 4.78 is 0. The fourth-order valence-corrected chi connectivity index (χ4v) is 4.97. The number of hydrogen-bond donors (Lipinski definition) is 4. The highest BCUT2D eigenvalue weighted by Crippen LogP contribution is 2.30. The number of nitrogens with zero attached hydrogens (tertiary/aromatic N) is 4. The third-order valence-electron chi connectivity index (χ3n) is 6.89. The van der Waals surface area contributed by atoms with Crippen molar-refractivity contribution in [3.63, 3.8) is 0 Å². The molecule has 3 aliphatic heterocycles. The van der Waals surface area contributed by atoms with Gasteiger partial charge in [0, 0.05) is 69.2 Å². The lowest BCUT2D eigenvalue weighted by atomic mass is 9.95. The molecule has 9 heteroatoms. The van der Waals surface area contributed by atoms with Crippen LogP contribution in [-0.2, 0) is 0 Å². The Morgan fingerprint density at radius 3 is 2.56 bits per heavy atom. The Labute approximate surface area is 189 Å². The van der Waals surface area contributed by atoms with Crippen LogP contribution in [0, 0.1) is 0 Å². The van der Waals surface area contributed by atoms with Gasteiger partial charge >= 0.3 is 0 Å². The van der Waals surface area contributed by atoms with Gasteiger partial charge < -0.3 is 25.8 Å². The molecule has 0 saturated carbocycles. The first-order chi connectivity index (χ1) is 15.8. The number of aromatic nitrogens is 3. The van der Waals surface area contributed by atoms with Gasteiger partial charge in [-0.15, -0.1) is 0 Å². The predicted molar refractivity (Wildman–Crippen MR) is 125 cm³/mol. The number of amides is 1. The molecule has 172 valence electrons. The molecule has 3 saturated heterocycles. The topological polar surface area (TPSA) is 101 Å². The average molecular weight is 439 g/mol. The molecule has 0 aromatic carbocycles. The largest absolute Gasteiger partial charge is 0.356 e. The van der Waals surface area contributed by atoms with Crippen molar-refractivity contribution in [2.75, 3.05) is 62.2 Å². The lowest BCUT2D eigenvalue weighted by Gasteiger charge is -2.33. The number of H-pyrrole nitrogens is 1. The summed E-state index contributed by atoms with van der Waals surface area (Å²) in [6, 6.07) is 6.37. The highest BCUT2D eigenvalue weighted by Gasteiger charge is 2.25. The Balaban J connectivity index is 1.20. The van der Waals surface area contributed by atoms with Crippen LogP contribution >= 0.6 is 0 Å². The van der Waals surface area contributed by atoms with Crippen LogP contribution in [0.4, 0.5) is 11.6 Å². The summed E-state index contributed by atoms with van der Waals surface area (Å²) in [7, 11) is 0. The second-order valence-corrected chi connectivity index (χ2v) is 9.11. The van der Waals surface area contributed by atoms with Crippen molar-refractivity contribution < 1.29 is 4.79 Å². The Kier molecular flexibility index (Phi) is 6.54. The Morgan fingerprint density at radius 2 is 1.78 bits per heavy atom. The normalized spacial score (nSPS) is 22.7. The monoisotopic (exact) mass is 438 g/mol. The number of anilines is 2. The fraction of sp³-hybridized carbons (Fsp3) is 0.609. The van der Waals surface area contributed by atoms with Crippen molar-refractivity contribution in [2.45, 2.75) is 37.6 Å². The molecule has 3 fully saturated rings. The molecule has 1 atom stereocenters. The van der Waals surface area contributed by atoms with Crippen molar-refractivity contribution in [1.29, 1.82) is 0 Å². The van der Waals surface area contributed by atoms with E-state index in [-0.39, 0.29) is 11.9 Å². The zero-order valence-electron chi connectivity index (χ0n) is 18.6. The number of carbonyl (C=O) groups is 1. The molecule has 0 radical (unpaired) electrons. The smallest absolute Gasteiger partial charge is 0.253 e. The quantitative estimate of drug-likeness (QED) is 0.554. The van der Waals surface area contributed by atoms with Gasteiger partial charge in [-0.1, -0.05) is 0 Å². The molecule has 0 spiro atoms. The minimum absolute atomic E-state index is 0.0228. The molecule has 0 bridgehead atoms. The minimum Gasteiger partial charge on any atom is -0.356 e. The summed E-state index contributed by atoms with van der Waals surface area (Å²) >= 11 is 0. The highest BCUT2D eigenvalue weighted by molar-refractivity contribution is 5.94. The summed E-state index contributed by atoms with van der Waals surface area (Å²) in [5.41, 5.74) is 1.84. The molecule has 1 amide bonds. The Bertz CT molecular complexity index is 886. The van der Waals surface area contributed by atoms with Crippen LogP contribution in [-0.4, -0.2) is 79.5 Å². The van der Waals surface area contributed by atoms with Gasteiger partial charge in [0.25, 0.3) is 5.91 Å². The first-order valence-corrected chi connectivity index (χ1v) is 12.0. The van der Waals surface area contributed by atoms with E-state index in [2.05, 4.69) is 47.0 Å². The number of pyridine rings is 1. The van der Waals surface area contributed by atoms with Crippen LogP contribution in [0.1, 0.15) is 47.7 Å². The number of piperazine rings is 1. The third kappa shape index (κ3) is 4.88. The molecule has 2 aromatic rings. The van der Waals surface area contributed by atoms with Crippen LogP contribution < -0.4 is 25.8 Å². The van der Waals surface area contributed by atoms with E-state index in [0.717, 1.165) is 89.7 Å². The number of carbonyl (C=O) groups excluding carboxylic acids is 1. The van der Waals surface area contributed by atoms with Gasteiger partial charge in [0.05, 0.1) is 5.56 Å². The number of nitrogens with one attached hydrogen (secondary N) is 4. The van der Waals surface area contributed by atoms with E-state index in [4.69, 9.17) is 0 Å². The van der Waals surface area contributed by atoms with Crippen LogP contribution in [0.2, 0.25) is 0 Å². The van der Waals surface area contributed by atoms with E-state index in [1.807, 2.05) is 12.1 Å². The summed E-state index contributed by atoms with van der Waals surface area (Å²) in [4.78, 5) is 21.9. The molecule has 1 unspecified atom stereocenters. The molecule has 9 nitrogen and oxygen atoms in total. The van der Waals surface area contributed by atoms with Gasteiger partial charge in [-0.2, -0.15) is 5.10 Å². The lowest BCUT2D eigenvalue weighted by Crippen LogP contribution is -2.43. The van der Waals surface area contributed by atoms with Gasteiger partial charge in [-0.25, -0.2) is 4.98 Å². The third-order valence-corrected chi connectivity index (χ3v) is 6.89. The van der Waals surface area contributed by atoms with E-state index in [0.29, 0.717) is 11.5 Å². The fourth-order valence-electron chi connectivity index (χ4n) is 4.97. The van der Waals surface area contributed by atoms with E-state index in [1.165, 1.54) is 5.69 Å². The first-order valence-electron chi connectivity index (χ1n) is 12.0. The molecule has 32 heavy (non-hydrogen) atoms. The van der Waals surface area contributed by atoms with Crippen molar-refractivity contribution >= 4 is 17.5 Å². The zero-order chi connectivity index (χ0) is 21.8. The summed E-state index contributed by atoms with van der Waals surface area (Å²) in [5.74, 6) is 2.39. The average Bonchev–Trinajstić information content (AvgIpc) is 3.36. The maximum absolute atomic E-state index is 12.6. The van der Waals surface area contributed by atoms with E-state index in [1.54, 1.807) is 6.20 Å². The predicted octanol–water partition coefficient (Wildman–Crippen LogP) is 1.08. The standard InChI is InChI=1S/C23H34N8O/c32-23(27-19-5-7-24-8-6-19)17-3-4-21(26-15-17)31-11-1-2-18(16-31)20-14-22(29-28-20)30-12-9-25-10-13-30/h3-4,14-15,18-19,24-25H,1-2,5-13,16H2,(H,27,32)(H,28,29). The highest BCUT2D eigenvalue weighted by atomic mass is 16.1. The molecule has 2 aromatic heterocycles. The summed E-state index contributed by atoms with van der Waals surface area (Å²) in [6.07, 6.45) is 5.95. The second kappa shape index (κ2) is 9.87. The molecule has 5 heterocycles. The van der Waals surface area contributed by atoms with Crippen LogP contribution in [0.3, 0.4) is 0 Å². The Morgan fingerprint density at radius 1 is 0.969 bits per heavy atom. The van der Waals surface area contributed by atoms with E-state index < -0.39 is 0 Å². The van der Waals surface area contributed by atoms with E-state index in [9.17, 15) is 4.79 Å². The molecular formula is C23H34N8O. The van der Waals surface area contributed by atoms with Crippen molar-refractivity contribution in [1.82, 2.24) is 31.1 Å². The number of rotatable bonds is 5. The first kappa shape index (κ1) is 21.2. The molecule has 3 aliphatic rings. The van der Waals surface area contributed by atoms with Gasteiger partial charge in [0.1, 0.15) is 5.82 Å². The SMILES string of the molecule is O=C(NC1CCNCC1)c1ccc(N2CCCC(c3cc(N4CCNCC4)n[nH]3)C2)nc1. The van der Waals surface area contributed by atoms with Crippen molar-refractivity contribution in [2.24, 2.45) is 0 Å². The summed E-state index contributed by atoms with van der Waals surface area (Å²) in [6.45, 7) is 7.86. The van der Waals surface area contributed by atoms with Gasteiger partial charge in [-0.3, -0.25) is 9.89 Å². The van der Waals surface area contributed by atoms with Gasteiger partial charge in [-0.05, 0) is 50.9 Å². The zero-order valence-corrected chi connectivity index (χ0v) is 18.6. The lowest BCUT2D eigenvalue weighted by molar-refractivity contribution is 0.0929. The second-order valence-electron chi connectivity index (χ2n) is 9.11. The van der Waals surface area contributed by atoms with Crippen molar-refractivity contribution in [3.05, 3.63) is 35.7 Å². The maximum atomic E-state index is 12.6.